The topological polar surface area (TPSA) is 76.7 Å². The zero-order valence-electron chi connectivity index (χ0n) is 13.2. The van der Waals surface area contributed by atoms with Crippen LogP contribution in [0, 0.1) is 0 Å². The lowest BCUT2D eigenvalue weighted by molar-refractivity contribution is 0.0526. The van der Waals surface area contributed by atoms with E-state index in [1.807, 2.05) is 0 Å². The van der Waals surface area contributed by atoms with Crippen LogP contribution in [0.25, 0.3) is 0 Å². The van der Waals surface area contributed by atoms with Gasteiger partial charge in [-0.25, -0.2) is 4.79 Å². The van der Waals surface area contributed by atoms with Gasteiger partial charge in [-0.05, 0) is 48.8 Å². The molecule has 0 aliphatic heterocycles. The molecule has 0 fully saturated rings. The van der Waals surface area contributed by atoms with E-state index in [4.69, 9.17) is 9.47 Å². The molecule has 0 spiro atoms. The molecule has 6 nitrogen and oxygen atoms in total. The zero-order valence-corrected chi connectivity index (χ0v) is 14.7. The SMILES string of the molecule is COc1cccc(C(=O)NCCNC(=O)OC(C)(C)C)c1Br. The number of halogens is 1. The van der Waals surface area contributed by atoms with E-state index in [2.05, 4.69) is 26.6 Å². The first-order valence-electron chi connectivity index (χ1n) is 6.82. The van der Waals surface area contributed by atoms with Gasteiger partial charge < -0.3 is 20.1 Å². The van der Waals surface area contributed by atoms with E-state index in [0.29, 0.717) is 22.3 Å². The normalized spacial score (nSPS) is 10.8. The van der Waals surface area contributed by atoms with Crippen LogP contribution >= 0.6 is 15.9 Å². The number of nitrogens with one attached hydrogen (secondary N) is 2. The van der Waals surface area contributed by atoms with Crippen molar-refractivity contribution in [3.8, 4) is 5.75 Å². The van der Waals surface area contributed by atoms with Gasteiger partial charge in [0, 0.05) is 13.1 Å². The number of rotatable bonds is 5. The van der Waals surface area contributed by atoms with Crippen molar-refractivity contribution in [2.75, 3.05) is 20.2 Å². The number of carbonyl (C=O) groups is 2. The Morgan fingerprint density at radius 3 is 2.41 bits per heavy atom. The molecule has 7 heteroatoms. The fraction of sp³-hybridized carbons (Fsp3) is 0.467. The molecule has 0 heterocycles. The highest BCUT2D eigenvalue weighted by molar-refractivity contribution is 9.10. The van der Waals surface area contributed by atoms with Crippen LogP contribution in [0.4, 0.5) is 4.79 Å². The molecule has 0 bridgehead atoms. The third-order valence-electron chi connectivity index (χ3n) is 2.51. The van der Waals surface area contributed by atoms with Gasteiger partial charge in [-0.15, -0.1) is 0 Å². The molecule has 0 unspecified atom stereocenters. The van der Waals surface area contributed by atoms with E-state index in [0.717, 1.165) is 0 Å². The van der Waals surface area contributed by atoms with Crippen molar-refractivity contribution in [3.63, 3.8) is 0 Å². The van der Waals surface area contributed by atoms with Crippen molar-refractivity contribution in [2.45, 2.75) is 26.4 Å². The Hall–Kier alpha value is -1.76. The molecule has 0 radical (unpaired) electrons. The van der Waals surface area contributed by atoms with E-state index in [1.165, 1.54) is 7.11 Å². The van der Waals surface area contributed by atoms with E-state index in [9.17, 15) is 9.59 Å². The molecule has 0 aromatic heterocycles. The Balaban J connectivity index is 2.43. The van der Waals surface area contributed by atoms with Crippen LogP contribution in [0.15, 0.2) is 22.7 Å². The summed E-state index contributed by atoms with van der Waals surface area (Å²) in [6.07, 6.45) is -0.510. The Morgan fingerprint density at radius 1 is 1.18 bits per heavy atom. The molecule has 0 saturated carbocycles. The number of alkyl carbamates (subject to hydrolysis) is 1. The summed E-state index contributed by atoms with van der Waals surface area (Å²) < 4.78 is 10.8. The highest BCUT2D eigenvalue weighted by Crippen LogP contribution is 2.28. The molecule has 1 rings (SSSR count). The van der Waals surface area contributed by atoms with Crippen LogP contribution in [0.5, 0.6) is 5.75 Å². The second-order valence-electron chi connectivity index (χ2n) is 5.51. The van der Waals surface area contributed by atoms with Crippen molar-refractivity contribution in [3.05, 3.63) is 28.2 Å². The minimum atomic E-state index is -0.543. The molecular formula is C15H21BrN2O4. The molecule has 1 aromatic rings. The van der Waals surface area contributed by atoms with Gasteiger partial charge in [-0.2, -0.15) is 0 Å². The summed E-state index contributed by atoms with van der Waals surface area (Å²) in [5.41, 5.74) is -0.0738. The summed E-state index contributed by atoms with van der Waals surface area (Å²) in [6.45, 7) is 5.93. The van der Waals surface area contributed by atoms with Crippen molar-refractivity contribution in [2.24, 2.45) is 0 Å². The third-order valence-corrected chi connectivity index (χ3v) is 3.32. The minimum absolute atomic E-state index is 0.253. The maximum atomic E-state index is 12.1. The second kappa shape index (κ2) is 8.03. The van der Waals surface area contributed by atoms with E-state index in [-0.39, 0.29) is 12.5 Å². The largest absolute Gasteiger partial charge is 0.496 e. The highest BCUT2D eigenvalue weighted by Gasteiger charge is 2.16. The Kier molecular flexibility index (Phi) is 6.67. The Morgan fingerprint density at radius 2 is 1.82 bits per heavy atom. The number of methoxy groups -OCH3 is 1. The van der Waals surface area contributed by atoms with Gasteiger partial charge in [0.2, 0.25) is 0 Å². The number of hydrogen-bond donors (Lipinski definition) is 2. The molecule has 0 aliphatic rings. The first-order chi connectivity index (χ1) is 10.2. The molecule has 0 saturated heterocycles. The number of carbonyl (C=O) groups excluding carboxylic acids is 2. The van der Waals surface area contributed by atoms with Gasteiger partial charge in [0.1, 0.15) is 11.4 Å². The maximum Gasteiger partial charge on any atom is 0.407 e. The number of hydrogen-bond acceptors (Lipinski definition) is 4. The maximum absolute atomic E-state index is 12.1. The predicted octanol–water partition coefficient (Wildman–Crippen LogP) is 2.71. The number of ether oxygens (including phenoxy) is 2. The monoisotopic (exact) mass is 372 g/mol. The number of benzene rings is 1. The highest BCUT2D eigenvalue weighted by atomic mass is 79.9. The molecule has 2 amide bonds. The van der Waals surface area contributed by atoms with E-state index < -0.39 is 11.7 Å². The standard InChI is InChI=1S/C15H21BrN2O4/c1-15(2,3)22-14(20)18-9-8-17-13(19)10-6-5-7-11(21-4)12(10)16/h5-7H,8-9H2,1-4H3,(H,17,19)(H,18,20). The summed E-state index contributed by atoms with van der Waals surface area (Å²) >= 11 is 3.33. The van der Waals surface area contributed by atoms with Crippen molar-refractivity contribution >= 4 is 27.9 Å². The second-order valence-corrected chi connectivity index (χ2v) is 6.30. The molecule has 22 heavy (non-hydrogen) atoms. The molecule has 122 valence electrons. The average molecular weight is 373 g/mol. The molecule has 1 aromatic carbocycles. The van der Waals surface area contributed by atoms with Gasteiger partial charge in [0.25, 0.3) is 5.91 Å². The quantitative estimate of drug-likeness (QED) is 0.779. The first kappa shape index (κ1) is 18.3. The summed E-state index contributed by atoms with van der Waals surface area (Å²) in [5, 5.41) is 5.29. The fourth-order valence-electron chi connectivity index (χ4n) is 1.59. The Bertz CT molecular complexity index is 541. The van der Waals surface area contributed by atoms with Crippen molar-refractivity contribution < 1.29 is 19.1 Å². The first-order valence-corrected chi connectivity index (χ1v) is 7.61. The third kappa shape index (κ3) is 5.93. The molecule has 0 atom stereocenters. The Labute approximate surface area is 138 Å². The predicted molar refractivity (Wildman–Crippen MR) is 87.3 cm³/mol. The van der Waals surface area contributed by atoms with Crippen molar-refractivity contribution in [1.82, 2.24) is 10.6 Å². The van der Waals surface area contributed by atoms with E-state index in [1.54, 1.807) is 39.0 Å². The summed E-state index contributed by atoms with van der Waals surface area (Å²) in [4.78, 5) is 23.5. The fourth-order valence-corrected chi connectivity index (χ4v) is 2.20. The lowest BCUT2D eigenvalue weighted by Crippen LogP contribution is -2.37. The lowest BCUT2D eigenvalue weighted by atomic mass is 10.2. The van der Waals surface area contributed by atoms with Crippen molar-refractivity contribution in [1.29, 1.82) is 0 Å². The minimum Gasteiger partial charge on any atom is -0.496 e. The van der Waals surface area contributed by atoms with Crippen LogP contribution in [-0.2, 0) is 4.74 Å². The molecular weight excluding hydrogens is 352 g/mol. The summed E-state index contributed by atoms with van der Waals surface area (Å²) in [6, 6.07) is 5.17. The van der Waals surface area contributed by atoms with Crippen LogP contribution in [0.3, 0.4) is 0 Å². The van der Waals surface area contributed by atoms with Gasteiger partial charge in [-0.3, -0.25) is 4.79 Å². The van der Waals surface area contributed by atoms with E-state index >= 15 is 0 Å². The van der Waals surface area contributed by atoms with Gasteiger partial charge in [0.15, 0.2) is 0 Å². The van der Waals surface area contributed by atoms with Gasteiger partial charge in [0.05, 0.1) is 17.1 Å². The van der Waals surface area contributed by atoms with Gasteiger partial charge >= 0.3 is 6.09 Å². The summed E-state index contributed by atoms with van der Waals surface area (Å²) in [5.74, 6) is 0.330. The van der Waals surface area contributed by atoms with Crippen LogP contribution in [0.1, 0.15) is 31.1 Å². The molecule has 0 aliphatic carbocycles. The van der Waals surface area contributed by atoms with Gasteiger partial charge in [-0.1, -0.05) is 6.07 Å². The smallest absolute Gasteiger partial charge is 0.407 e. The zero-order chi connectivity index (χ0) is 16.8. The summed E-state index contributed by atoms with van der Waals surface area (Å²) in [7, 11) is 1.53. The van der Waals surface area contributed by atoms with Crippen LogP contribution < -0.4 is 15.4 Å². The van der Waals surface area contributed by atoms with Crippen LogP contribution in [0.2, 0.25) is 0 Å². The molecule has 2 N–H and O–H groups in total. The number of amides is 2. The lowest BCUT2D eigenvalue weighted by Gasteiger charge is -2.19. The van der Waals surface area contributed by atoms with Crippen LogP contribution in [-0.4, -0.2) is 37.8 Å². The average Bonchev–Trinajstić information content (AvgIpc) is 2.41.